The van der Waals surface area contributed by atoms with Gasteiger partial charge >= 0.3 is 0 Å². The summed E-state index contributed by atoms with van der Waals surface area (Å²) in [5.41, 5.74) is 1.62. The van der Waals surface area contributed by atoms with Crippen LogP contribution in [0.2, 0.25) is 0 Å². The van der Waals surface area contributed by atoms with Gasteiger partial charge in [0.2, 0.25) is 11.9 Å². The van der Waals surface area contributed by atoms with Gasteiger partial charge < -0.3 is 10.2 Å². The van der Waals surface area contributed by atoms with E-state index in [2.05, 4.69) is 5.32 Å². The fourth-order valence-electron chi connectivity index (χ4n) is 4.08. The second kappa shape index (κ2) is 9.64. The van der Waals surface area contributed by atoms with Crippen molar-refractivity contribution in [2.24, 2.45) is 0 Å². The molecule has 0 atom stereocenters. The van der Waals surface area contributed by atoms with Crippen molar-refractivity contribution in [3.63, 3.8) is 0 Å². The molecule has 0 radical (unpaired) electrons. The van der Waals surface area contributed by atoms with Gasteiger partial charge in [0.05, 0.1) is 11.4 Å². The van der Waals surface area contributed by atoms with Crippen molar-refractivity contribution >= 4 is 21.9 Å². The summed E-state index contributed by atoms with van der Waals surface area (Å²) in [5, 5.41) is 11.3. The summed E-state index contributed by atoms with van der Waals surface area (Å²) in [6.07, 6.45) is 7.99. The molecule has 7 nitrogen and oxygen atoms in total. The van der Waals surface area contributed by atoms with E-state index < -0.39 is 10.0 Å². The minimum atomic E-state index is -3.73. The normalized spacial score (nSPS) is 18.7. The quantitative estimate of drug-likeness (QED) is 0.648. The highest BCUT2D eigenvalue weighted by Gasteiger charge is 2.38. The van der Waals surface area contributed by atoms with E-state index >= 15 is 0 Å². The summed E-state index contributed by atoms with van der Waals surface area (Å²) in [4.78, 5) is 13.9. The number of guanidine groups is 1. The number of hydrogen-bond donors (Lipinski definition) is 2. The van der Waals surface area contributed by atoms with E-state index in [9.17, 15) is 13.2 Å². The SMILES string of the molecule is C/C=C(/C)C(=O)NCCc1ccc(S(=O)(=O)N2CCN(C3CCCCC3)C2=N)cc1. The highest BCUT2D eigenvalue weighted by Crippen LogP contribution is 2.28. The average molecular weight is 433 g/mol. The molecule has 0 unspecified atom stereocenters. The number of nitrogens with zero attached hydrogens (tertiary/aromatic N) is 2. The van der Waals surface area contributed by atoms with Gasteiger partial charge in [-0.25, -0.2) is 12.7 Å². The highest BCUT2D eigenvalue weighted by atomic mass is 32.2. The van der Waals surface area contributed by atoms with Crippen LogP contribution in [-0.2, 0) is 21.2 Å². The van der Waals surface area contributed by atoms with Crippen LogP contribution in [0.25, 0.3) is 0 Å². The van der Waals surface area contributed by atoms with Crippen LogP contribution in [0.5, 0.6) is 0 Å². The molecule has 3 rings (SSSR count). The summed E-state index contributed by atoms with van der Waals surface area (Å²) < 4.78 is 27.4. The van der Waals surface area contributed by atoms with E-state index in [4.69, 9.17) is 5.41 Å². The lowest BCUT2D eigenvalue weighted by Crippen LogP contribution is -2.42. The van der Waals surface area contributed by atoms with Crippen molar-refractivity contribution in [2.45, 2.75) is 63.3 Å². The van der Waals surface area contributed by atoms with Crippen molar-refractivity contribution in [2.75, 3.05) is 19.6 Å². The fourth-order valence-corrected chi connectivity index (χ4v) is 5.47. The molecule has 0 aromatic heterocycles. The van der Waals surface area contributed by atoms with Crippen molar-refractivity contribution in [3.8, 4) is 0 Å². The van der Waals surface area contributed by atoms with Crippen molar-refractivity contribution < 1.29 is 13.2 Å². The molecule has 2 N–H and O–H groups in total. The molecule has 30 heavy (non-hydrogen) atoms. The third-order valence-corrected chi connectivity index (χ3v) is 7.87. The van der Waals surface area contributed by atoms with E-state index in [1.54, 1.807) is 37.3 Å². The van der Waals surface area contributed by atoms with E-state index in [-0.39, 0.29) is 22.8 Å². The molecule has 0 bridgehead atoms. The standard InChI is InChI=1S/C22H32N4O3S/c1-3-17(2)21(27)24-14-13-18-9-11-20(12-10-18)30(28,29)26-16-15-25(22(26)23)19-7-5-4-6-8-19/h3,9-12,19,23H,4-8,13-16H2,1-2H3,(H,24,27)/b17-3-,23-22?. The topological polar surface area (TPSA) is 93.6 Å². The molecule has 1 aromatic carbocycles. The van der Waals surface area contributed by atoms with Gasteiger partial charge in [-0.05, 0) is 50.8 Å². The average Bonchev–Trinajstić information content (AvgIpc) is 3.16. The molecule has 2 fully saturated rings. The van der Waals surface area contributed by atoms with Gasteiger partial charge in [-0.15, -0.1) is 0 Å². The third-order valence-electron chi connectivity index (χ3n) is 6.07. The molecule has 1 heterocycles. The first-order valence-corrected chi connectivity index (χ1v) is 12.2. The number of benzene rings is 1. The first kappa shape index (κ1) is 22.3. The zero-order chi connectivity index (χ0) is 21.7. The Morgan fingerprint density at radius 3 is 2.47 bits per heavy atom. The highest BCUT2D eigenvalue weighted by molar-refractivity contribution is 7.89. The third kappa shape index (κ3) is 4.86. The molecule has 2 aliphatic rings. The molecular weight excluding hydrogens is 400 g/mol. The van der Waals surface area contributed by atoms with Crippen LogP contribution in [0.3, 0.4) is 0 Å². The van der Waals surface area contributed by atoms with Gasteiger partial charge in [0.1, 0.15) is 0 Å². The Labute approximate surface area is 179 Å². The maximum Gasteiger partial charge on any atom is 0.266 e. The lowest BCUT2D eigenvalue weighted by atomic mass is 9.94. The van der Waals surface area contributed by atoms with Gasteiger partial charge in [-0.3, -0.25) is 10.2 Å². The monoisotopic (exact) mass is 432 g/mol. The Hall–Kier alpha value is -2.35. The van der Waals surface area contributed by atoms with Crippen LogP contribution in [0, 0.1) is 5.41 Å². The minimum absolute atomic E-state index is 0.0910. The number of allylic oxidation sites excluding steroid dienone is 1. The molecule has 1 amide bonds. The summed E-state index contributed by atoms with van der Waals surface area (Å²) in [6, 6.07) is 7.04. The first-order chi connectivity index (χ1) is 14.3. The van der Waals surface area contributed by atoms with Crippen LogP contribution in [0.4, 0.5) is 0 Å². The molecule has 1 aliphatic carbocycles. The second-order valence-electron chi connectivity index (χ2n) is 8.01. The smallest absolute Gasteiger partial charge is 0.266 e. The van der Waals surface area contributed by atoms with Gasteiger partial charge in [0.15, 0.2) is 0 Å². The Morgan fingerprint density at radius 1 is 1.17 bits per heavy atom. The molecule has 0 spiro atoms. The number of nitrogens with one attached hydrogen (secondary N) is 2. The van der Waals surface area contributed by atoms with Crippen LogP contribution < -0.4 is 5.32 Å². The van der Waals surface area contributed by atoms with Gasteiger partial charge in [0.25, 0.3) is 10.0 Å². The van der Waals surface area contributed by atoms with Crippen LogP contribution in [0.15, 0.2) is 40.8 Å². The van der Waals surface area contributed by atoms with Gasteiger partial charge in [-0.1, -0.05) is 37.5 Å². The lowest BCUT2D eigenvalue weighted by molar-refractivity contribution is -0.117. The fraction of sp³-hybridized carbons (Fsp3) is 0.545. The largest absolute Gasteiger partial charge is 0.352 e. The Kier molecular flexibility index (Phi) is 7.18. The molecule has 1 saturated carbocycles. The maximum atomic E-state index is 13.1. The Balaban J connectivity index is 1.61. The zero-order valence-electron chi connectivity index (χ0n) is 17.9. The van der Waals surface area contributed by atoms with Gasteiger partial charge in [0, 0.05) is 24.7 Å². The molecule has 8 heteroatoms. The predicted molar refractivity (Wildman–Crippen MR) is 118 cm³/mol. The molecule has 1 aromatic rings. The second-order valence-corrected chi connectivity index (χ2v) is 9.87. The molecule has 164 valence electrons. The number of hydrogen-bond acceptors (Lipinski definition) is 4. The predicted octanol–water partition coefficient (Wildman–Crippen LogP) is 2.89. The minimum Gasteiger partial charge on any atom is -0.352 e. The van der Waals surface area contributed by atoms with E-state index in [0.29, 0.717) is 31.6 Å². The van der Waals surface area contributed by atoms with E-state index in [1.807, 2.05) is 11.8 Å². The number of sulfonamides is 1. The Bertz CT molecular complexity index is 903. The number of carbonyl (C=O) groups is 1. The number of amides is 1. The molecular formula is C22H32N4O3S. The summed E-state index contributed by atoms with van der Waals surface area (Å²) in [6.45, 7) is 4.99. The van der Waals surface area contributed by atoms with Crippen molar-refractivity contribution in [1.82, 2.24) is 14.5 Å². The van der Waals surface area contributed by atoms with Gasteiger partial charge in [-0.2, -0.15) is 0 Å². The summed E-state index contributed by atoms with van der Waals surface area (Å²) in [7, 11) is -3.73. The summed E-state index contributed by atoms with van der Waals surface area (Å²) in [5.74, 6) is 0.0137. The maximum absolute atomic E-state index is 13.1. The van der Waals surface area contributed by atoms with Crippen LogP contribution >= 0.6 is 0 Å². The Morgan fingerprint density at radius 2 is 1.83 bits per heavy atom. The number of carbonyl (C=O) groups excluding carboxylic acids is 1. The first-order valence-electron chi connectivity index (χ1n) is 10.7. The number of rotatable bonds is 7. The van der Waals surface area contributed by atoms with Crippen LogP contribution in [-0.4, -0.2) is 55.2 Å². The van der Waals surface area contributed by atoms with Crippen molar-refractivity contribution in [3.05, 3.63) is 41.5 Å². The van der Waals surface area contributed by atoms with Crippen LogP contribution in [0.1, 0.15) is 51.5 Å². The van der Waals surface area contributed by atoms with Crippen molar-refractivity contribution in [1.29, 1.82) is 5.41 Å². The molecule has 1 aliphatic heterocycles. The van der Waals surface area contributed by atoms with E-state index in [1.165, 1.54) is 10.7 Å². The lowest BCUT2D eigenvalue weighted by Gasteiger charge is -2.32. The molecule has 1 saturated heterocycles. The van der Waals surface area contributed by atoms with E-state index in [0.717, 1.165) is 31.2 Å². The summed E-state index contributed by atoms with van der Waals surface area (Å²) >= 11 is 0. The zero-order valence-corrected chi connectivity index (χ0v) is 18.7.